The summed E-state index contributed by atoms with van der Waals surface area (Å²) < 4.78 is 10.3. The van der Waals surface area contributed by atoms with E-state index in [1.165, 1.54) is 20.3 Å². The monoisotopic (exact) mass is 297 g/mol. The summed E-state index contributed by atoms with van der Waals surface area (Å²) in [6.07, 6.45) is 1.85. The molecule has 2 rings (SSSR count). The minimum Gasteiger partial charge on any atom is -0.466 e. The van der Waals surface area contributed by atoms with Crippen molar-refractivity contribution >= 4 is 23.5 Å². The number of rotatable bonds is 2. The maximum atomic E-state index is 12.0. The van der Waals surface area contributed by atoms with Crippen molar-refractivity contribution in [2.24, 2.45) is 5.41 Å². The summed E-state index contributed by atoms with van der Waals surface area (Å²) in [6.45, 7) is 5.23. The molecule has 1 heterocycles. The number of ether oxygens (including phenoxy) is 2. The first-order chi connectivity index (χ1) is 9.27. The van der Waals surface area contributed by atoms with Crippen LogP contribution in [0.1, 0.15) is 27.2 Å². The predicted octanol–water partition coefficient (Wildman–Crippen LogP) is 2.34. The number of allylic oxidation sites excluding steroid dienone is 2. The third kappa shape index (κ3) is 2.33. The van der Waals surface area contributed by atoms with Gasteiger partial charge in [-0.3, -0.25) is 4.79 Å². The average Bonchev–Trinajstić information content (AvgIpc) is 2.62. The van der Waals surface area contributed by atoms with Crippen LogP contribution in [0.15, 0.2) is 33.9 Å². The Labute approximate surface area is 122 Å². The third-order valence-corrected chi connectivity index (χ3v) is 3.59. The molecule has 0 fully saturated rings. The number of hydrogen-bond donors (Lipinski definition) is 1. The quantitative estimate of drug-likeness (QED) is 0.795. The molecule has 5 nitrogen and oxygen atoms in total. The topological polar surface area (TPSA) is 64.6 Å². The number of amides is 1. The maximum Gasteiger partial charge on any atom is 0.338 e. The number of hydrogen-bond acceptors (Lipinski definition) is 4. The normalized spacial score (nSPS) is 20.1. The summed E-state index contributed by atoms with van der Waals surface area (Å²) >= 11 is 6.07. The second-order valence-electron chi connectivity index (χ2n) is 5.37. The second-order valence-corrected chi connectivity index (χ2v) is 5.78. The van der Waals surface area contributed by atoms with Crippen molar-refractivity contribution in [3.63, 3.8) is 0 Å². The molecule has 0 aromatic heterocycles. The van der Waals surface area contributed by atoms with Gasteiger partial charge < -0.3 is 14.8 Å². The lowest BCUT2D eigenvalue weighted by molar-refractivity contribution is -0.137. The van der Waals surface area contributed by atoms with Crippen molar-refractivity contribution in [3.05, 3.63) is 33.9 Å². The van der Waals surface area contributed by atoms with Crippen LogP contribution in [0, 0.1) is 5.41 Å². The lowest BCUT2D eigenvalue weighted by atomic mass is 9.85. The van der Waals surface area contributed by atoms with E-state index in [1.807, 2.05) is 13.8 Å². The van der Waals surface area contributed by atoms with Crippen molar-refractivity contribution in [3.8, 4) is 0 Å². The smallest absolute Gasteiger partial charge is 0.338 e. The highest BCUT2D eigenvalue weighted by molar-refractivity contribution is 6.32. The first-order valence-electron chi connectivity index (χ1n) is 6.15. The highest BCUT2D eigenvalue weighted by Crippen LogP contribution is 2.49. The van der Waals surface area contributed by atoms with Gasteiger partial charge in [0.25, 0.3) is 0 Å². The molecule has 20 heavy (non-hydrogen) atoms. The van der Waals surface area contributed by atoms with E-state index in [9.17, 15) is 9.59 Å². The van der Waals surface area contributed by atoms with E-state index in [0.717, 1.165) is 5.57 Å². The van der Waals surface area contributed by atoms with Gasteiger partial charge >= 0.3 is 5.97 Å². The van der Waals surface area contributed by atoms with Gasteiger partial charge in [-0.1, -0.05) is 25.4 Å². The minimum atomic E-state index is -0.448. The molecule has 0 aromatic carbocycles. The van der Waals surface area contributed by atoms with Gasteiger partial charge in [0, 0.05) is 17.9 Å². The van der Waals surface area contributed by atoms with Crippen LogP contribution < -0.4 is 5.32 Å². The SMILES string of the molecule is COC(=O)C1=C2OC=C(Cl)C(NC(C)=O)=C2CC1(C)C. The number of methoxy groups -OCH3 is 1. The summed E-state index contributed by atoms with van der Waals surface area (Å²) in [5.74, 6) is -0.242. The molecule has 0 radical (unpaired) electrons. The number of halogens is 1. The molecular weight excluding hydrogens is 282 g/mol. The number of nitrogens with one attached hydrogen (secondary N) is 1. The summed E-state index contributed by atoms with van der Waals surface area (Å²) in [4.78, 5) is 23.3. The lowest BCUT2D eigenvalue weighted by Gasteiger charge is -2.19. The zero-order valence-corrected chi connectivity index (χ0v) is 12.6. The second kappa shape index (κ2) is 4.98. The highest BCUT2D eigenvalue weighted by atomic mass is 35.5. The van der Waals surface area contributed by atoms with Crippen LogP contribution in [0.5, 0.6) is 0 Å². The fraction of sp³-hybridized carbons (Fsp3) is 0.429. The van der Waals surface area contributed by atoms with Crippen LogP contribution >= 0.6 is 11.6 Å². The van der Waals surface area contributed by atoms with Crippen LogP contribution in [-0.4, -0.2) is 19.0 Å². The Morgan fingerprint density at radius 3 is 2.65 bits per heavy atom. The van der Waals surface area contributed by atoms with Crippen LogP contribution in [-0.2, 0) is 19.1 Å². The fourth-order valence-corrected chi connectivity index (χ4v) is 2.70. The molecule has 2 aliphatic rings. The van der Waals surface area contributed by atoms with E-state index in [-0.39, 0.29) is 5.91 Å². The van der Waals surface area contributed by atoms with Crippen LogP contribution in [0.2, 0.25) is 0 Å². The molecule has 0 unspecified atom stereocenters. The number of esters is 1. The van der Waals surface area contributed by atoms with Crippen molar-refractivity contribution in [2.45, 2.75) is 27.2 Å². The van der Waals surface area contributed by atoms with Gasteiger partial charge in [-0.25, -0.2) is 4.79 Å². The Kier molecular flexibility index (Phi) is 3.65. The molecule has 0 bridgehead atoms. The zero-order valence-electron chi connectivity index (χ0n) is 11.8. The number of fused-ring (bicyclic) bond motifs is 1. The Hall–Kier alpha value is -1.75. The fourth-order valence-electron chi connectivity index (χ4n) is 2.50. The summed E-state index contributed by atoms with van der Waals surface area (Å²) in [5, 5.41) is 3.00. The molecule has 1 aliphatic carbocycles. The summed E-state index contributed by atoms with van der Waals surface area (Å²) in [7, 11) is 1.33. The molecule has 0 saturated heterocycles. The van der Waals surface area contributed by atoms with E-state index in [0.29, 0.717) is 28.5 Å². The summed E-state index contributed by atoms with van der Waals surface area (Å²) in [6, 6.07) is 0. The molecule has 1 aliphatic heterocycles. The first kappa shape index (κ1) is 14.7. The third-order valence-electron chi connectivity index (χ3n) is 3.31. The average molecular weight is 298 g/mol. The Balaban J connectivity index is 2.59. The van der Waals surface area contributed by atoms with Crippen molar-refractivity contribution < 1.29 is 19.1 Å². The molecule has 0 spiro atoms. The molecule has 1 amide bonds. The van der Waals surface area contributed by atoms with Gasteiger partial charge in [-0.2, -0.15) is 0 Å². The highest BCUT2D eigenvalue weighted by Gasteiger charge is 2.44. The van der Waals surface area contributed by atoms with Crippen LogP contribution in [0.25, 0.3) is 0 Å². The Morgan fingerprint density at radius 2 is 2.10 bits per heavy atom. The van der Waals surface area contributed by atoms with Crippen molar-refractivity contribution in [1.82, 2.24) is 5.32 Å². The van der Waals surface area contributed by atoms with E-state index < -0.39 is 11.4 Å². The van der Waals surface area contributed by atoms with Crippen LogP contribution in [0.4, 0.5) is 0 Å². The molecular formula is C14H16ClNO4. The van der Waals surface area contributed by atoms with Gasteiger partial charge in [-0.15, -0.1) is 0 Å². The molecule has 108 valence electrons. The number of carbonyl (C=O) groups excluding carboxylic acids is 2. The van der Waals surface area contributed by atoms with Gasteiger partial charge in [0.2, 0.25) is 5.91 Å². The minimum absolute atomic E-state index is 0.232. The standard InChI is InChI=1S/C14H16ClNO4/c1-7(17)16-11-8-5-14(2,3)10(13(18)19-4)12(8)20-6-9(11)15/h6H,5H2,1-4H3,(H,16,17). The van der Waals surface area contributed by atoms with Crippen molar-refractivity contribution in [1.29, 1.82) is 0 Å². The van der Waals surface area contributed by atoms with E-state index in [2.05, 4.69) is 5.32 Å². The Bertz CT molecular complexity index is 584. The van der Waals surface area contributed by atoms with Gasteiger partial charge in [0.1, 0.15) is 12.0 Å². The van der Waals surface area contributed by atoms with Gasteiger partial charge in [0.15, 0.2) is 0 Å². The molecule has 6 heteroatoms. The first-order valence-corrected chi connectivity index (χ1v) is 6.52. The van der Waals surface area contributed by atoms with E-state index >= 15 is 0 Å². The Morgan fingerprint density at radius 1 is 1.45 bits per heavy atom. The van der Waals surface area contributed by atoms with Gasteiger partial charge in [0.05, 0.1) is 23.4 Å². The maximum absolute atomic E-state index is 12.0. The van der Waals surface area contributed by atoms with E-state index in [4.69, 9.17) is 21.1 Å². The zero-order chi connectivity index (χ0) is 15.1. The van der Waals surface area contributed by atoms with Crippen LogP contribution in [0.3, 0.4) is 0 Å². The molecule has 0 aromatic rings. The molecule has 0 atom stereocenters. The lowest BCUT2D eigenvalue weighted by Crippen LogP contribution is -2.23. The predicted molar refractivity (Wildman–Crippen MR) is 73.3 cm³/mol. The molecule has 1 N–H and O–H groups in total. The molecule has 0 saturated carbocycles. The number of carbonyl (C=O) groups is 2. The summed E-state index contributed by atoms with van der Waals surface area (Å²) in [5.41, 5.74) is 1.22. The van der Waals surface area contributed by atoms with E-state index in [1.54, 1.807) is 0 Å². The van der Waals surface area contributed by atoms with Gasteiger partial charge in [-0.05, 0) is 6.42 Å². The van der Waals surface area contributed by atoms with Crippen molar-refractivity contribution in [2.75, 3.05) is 7.11 Å². The largest absolute Gasteiger partial charge is 0.466 e.